The molecule has 3 nitrogen and oxygen atoms in total. The highest BCUT2D eigenvalue weighted by Gasteiger charge is 2.18. The molecule has 1 aliphatic heterocycles. The van der Waals surface area contributed by atoms with Crippen LogP contribution in [0.15, 0.2) is 0 Å². The molecule has 0 spiro atoms. The van der Waals surface area contributed by atoms with E-state index in [4.69, 9.17) is 10.8 Å². The molecule has 0 aromatic carbocycles. The lowest BCUT2D eigenvalue weighted by atomic mass is 9.97. The van der Waals surface area contributed by atoms with Gasteiger partial charge in [-0.3, -0.25) is 0 Å². The molecule has 0 unspecified atom stereocenters. The normalized spacial score (nSPS) is 35.4. The molecule has 0 aromatic heterocycles. The van der Waals surface area contributed by atoms with Crippen LogP contribution >= 0.6 is 0 Å². The van der Waals surface area contributed by atoms with Gasteiger partial charge in [-0.2, -0.15) is 0 Å². The van der Waals surface area contributed by atoms with Gasteiger partial charge in [-0.05, 0) is 31.8 Å². The monoisotopic (exact) mass is 144 g/mol. The smallest absolute Gasteiger partial charge is 0.0474 e. The van der Waals surface area contributed by atoms with Crippen molar-refractivity contribution in [3.63, 3.8) is 0 Å². The third kappa shape index (κ3) is 1.94. The first-order chi connectivity index (χ1) is 4.84. The topological polar surface area (TPSA) is 58.3 Å². The van der Waals surface area contributed by atoms with Crippen LogP contribution in [-0.4, -0.2) is 30.8 Å². The summed E-state index contributed by atoms with van der Waals surface area (Å²) in [6.45, 7) is 2.24. The van der Waals surface area contributed by atoms with Crippen LogP contribution in [0.3, 0.4) is 0 Å². The maximum atomic E-state index is 8.88. The van der Waals surface area contributed by atoms with E-state index in [1.54, 1.807) is 0 Å². The van der Waals surface area contributed by atoms with E-state index in [9.17, 15) is 0 Å². The van der Waals surface area contributed by atoms with Gasteiger partial charge in [-0.25, -0.2) is 0 Å². The third-order valence-corrected chi connectivity index (χ3v) is 2.19. The van der Waals surface area contributed by atoms with Gasteiger partial charge in [-0.15, -0.1) is 0 Å². The van der Waals surface area contributed by atoms with Gasteiger partial charge in [0.1, 0.15) is 0 Å². The number of aliphatic hydroxyl groups is 1. The Balaban J connectivity index is 2.35. The summed E-state index contributed by atoms with van der Waals surface area (Å²) in [4.78, 5) is 0. The Morgan fingerprint density at radius 1 is 1.40 bits per heavy atom. The fourth-order valence-electron chi connectivity index (χ4n) is 1.36. The summed E-state index contributed by atoms with van der Waals surface area (Å²) in [7, 11) is 0. The zero-order valence-corrected chi connectivity index (χ0v) is 6.21. The number of nitrogens with one attached hydrogen (secondary N) is 1. The van der Waals surface area contributed by atoms with E-state index in [0.717, 1.165) is 25.9 Å². The van der Waals surface area contributed by atoms with Crippen LogP contribution in [0.5, 0.6) is 0 Å². The predicted octanol–water partition coefficient (Wildman–Crippen LogP) is -0.694. The number of nitrogens with two attached hydrogens (primary N) is 1. The number of aliphatic hydroxyl groups excluding tert-OH is 1. The standard InChI is InChI=1S/C7H16N2O/c8-7-2-4-9-3-1-6(7)5-10/h6-7,9-10H,1-5,8H2/t6-,7-/m1/s1. The van der Waals surface area contributed by atoms with Crippen LogP contribution in [0.4, 0.5) is 0 Å². The van der Waals surface area contributed by atoms with E-state index >= 15 is 0 Å². The summed E-state index contributed by atoms with van der Waals surface area (Å²) in [6, 6.07) is 0.194. The molecule has 60 valence electrons. The molecule has 3 heteroatoms. The number of hydrogen-bond donors (Lipinski definition) is 3. The molecule has 0 aromatic rings. The molecule has 1 saturated heterocycles. The minimum Gasteiger partial charge on any atom is -0.396 e. The van der Waals surface area contributed by atoms with E-state index in [-0.39, 0.29) is 12.6 Å². The highest BCUT2D eigenvalue weighted by atomic mass is 16.3. The number of hydrogen-bond acceptors (Lipinski definition) is 3. The van der Waals surface area contributed by atoms with E-state index < -0.39 is 0 Å². The average Bonchev–Trinajstić information content (AvgIpc) is 2.13. The Morgan fingerprint density at radius 3 is 2.80 bits per heavy atom. The Kier molecular flexibility index (Phi) is 3.12. The van der Waals surface area contributed by atoms with Crippen LogP contribution in [-0.2, 0) is 0 Å². The molecule has 1 aliphatic rings. The second kappa shape index (κ2) is 3.91. The van der Waals surface area contributed by atoms with Gasteiger partial charge >= 0.3 is 0 Å². The van der Waals surface area contributed by atoms with Gasteiger partial charge in [0.15, 0.2) is 0 Å². The highest BCUT2D eigenvalue weighted by molar-refractivity contribution is 4.77. The van der Waals surface area contributed by atoms with Gasteiger partial charge < -0.3 is 16.2 Å². The molecule has 0 bridgehead atoms. The lowest BCUT2D eigenvalue weighted by Gasteiger charge is -2.17. The van der Waals surface area contributed by atoms with E-state index in [1.165, 1.54) is 0 Å². The van der Waals surface area contributed by atoms with Crippen molar-refractivity contribution in [1.82, 2.24) is 5.32 Å². The third-order valence-electron chi connectivity index (χ3n) is 2.19. The molecule has 0 radical (unpaired) electrons. The fraction of sp³-hybridized carbons (Fsp3) is 1.00. The van der Waals surface area contributed by atoms with Crippen molar-refractivity contribution >= 4 is 0 Å². The second-order valence-corrected chi connectivity index (χ2v) is 2.93. The first-order valence-corrected chi connectivity index (χ1v) is 3.91. The largest absolute Gasteiger partial charge is 0.396 e. The Bertz CT molecular complexity index is 97.6. The van der Waals surface area contributed by atoms with Crippen LogP contribution < -0.4 is 11.1 Å². The van der Waals surface area contributed by atoms with Crippen molar-refractivity contribution in [2.24, 2.45) is 11.7 Å². The lowest BCUT2D eigenvalue weighted by Crippen LogP contribution is -2.32. The first kappa shape index (κ1) is 7.98. The van der Waals surface area contributed by atoms with E-state index in [0.29, 0.717) is 5.92 Å². The molecule has 0 saturated carbocycles. The summed E-state index contributed by atoms with van der Waals surface area (Å²) < 4.78 is 0. The van der Waals surface area contributed by atoms with Crippen LogP contribution in [0, 0.1) is 5.92 Å². The van der Waals surface area contributed by atoms with Crippen molar-refractivity contribution in [1.29, 1.82) is 0 Å². The maximum absolute atomic E-state index is 8.88. The van der Waals surface area contributed by atoms with Crippen molar-refractivity contribution < 1.29 is 5.11 Å². The van der Waals surface area contributed by atoms with E-state index in [1.807, 2.05) is 0 Å². The predicted molar refractivity (Wildman–Crippen MR) is 40.7 cm³/mol. The molecule has 2 atom stereocenters. The van der Waals surface area contributed by atoms with Gasteiger partial charge in [0.2, 0.25) is 0 Å². The van der Waals surface area contributed by atoms with Crippen LogP contribution in [0.2, 0.25) is 0 Å². The lowest BCUT2D eigenvalue weighted by molar-refractivity contribution is 0.200. The Hall–Kier alpha value is -0.120. The van der Waals surface area contributed by atoms with Crippen molar-refractivity contribution in [2.75, 3.05) is 19.7 Å². The van der Waals surface area contributed by atoms with Crippen LogP contribution in [0.25, 0.3) is 0 Å². The SMILES string of the molecule is N[C@@H]1CCNCC[C@@H]1CO. The van der Waals surface area contributed by atoms with Gasteiger partial charge in [0, 0.05) is 12.6 Å². The van der Waals surface area contributed by atoms with Crippen molar-refractivity contribution in [2.45, 2.75) is 18.9 Å². The van der Waals surface area contributed by atoms with Crippen molar-refractivity contribution in [3.8, 4) is 0 Å². The molecule has 1 rings (SSSR count). The number of rotatable bonds is 1. The summed E-state index contributed by atoms with van der Waals surface area (Å²) >= 11 is 0. The fourth-order valence-corrected chi connectivity index (χ4v) is 1.36. The van der Waals surface area contributed by atoms with Gasteiger partial charge in [0.25, 0.3) is 0 Å². The zero-order valence-electron chi connectivity index (χ0n) is 6.21. The maximum Gasteiger partial charge on any atom is 0.0474 e. The molecular weight excluding hydrogens is 128 g/mol. The Labute approximate surface area is 61.6 Å². The summed E-state index contributed by atoms with van der Waals surface area (Å²) in [5, 5.41) is 12.1. The average molecular weight is 144 g/mol. The minimum absolute atomic E-state index is 0.194. The summed E-state index contributed by atoms with van der Waals surface area (Å²) in [5.41, 5.74) is 5.79. The summed E-state index contributed by atoms with van der Waals surface area (Å²) in [5.74, 6) is 0.315. The molecular formula is C7H16N2O. The summed E-state index contributed by atoms with van der Waals surface area (Å²) in [6.07, 6.45) is 2.00. The molecule has 1 heterocycles. The van der Waals surface area contributed by atoms with E-state index in [2.05, 4.69) is 5.32 Å². The van der Waals surface area contributed by atoms with Crippen molar-refractivity contribution in [3.05, 3.63) is 0 Å². The van der Waals surface area contributed by atoms with Crippen LogP contribution in [0.1, 0.15) is 12.8 Å². The minimum atomic E-state index is 0.194. The second-order valence-electron chi connectivity index (χ2n) is 2.93. The molecule has 10 heavy (non-hydrogen) atoms. The highest BCUT2D eigenvalue weighted by Crippen LogP contribution is 2.10. The molecule has 1 fully saturated rings. The van der Waals surface area contributed by atoms with Gasteiger partial charge in [0.05, 0.1) is 0 Å². The first-order valence-electron chi connectivity index (χ1n) is 3.91. The van der Waals surface area contributed by atoms with Gasteiger partial charge in [-0.1, -0.05) is 0 Å². The quantitative estimate of drug-likeness (QED) is 0.456. The molecule has 4 N–H and O–H groups in total. The molecule has 0 aliphatic carbocycles. The zero-order chi connectivity index (χ0) is 7.40. The Morgan fingerprint density at radius 2 is 2.10 bits per heavy atom. The molecule has 0 amide bonds.